The Balaban J connectivity index is 1.37. The second-order valence-electron chi connectivity index (χ2n) is 6.65. The average Bonchev–Trinajstić information content (AvgIpc) is 3.36. The zero-order valence-corrected chi connectivity index (χ0v) is 15.2. The van der Waals surface area contributed by atoms with Crippen LogP contribution >= 0.6 is 0 Å². The summed E-state index contributed by atoms with van der Waals surface area (Å²) in [6, 6.07) is 12.5. The summed E-state index contributed by atoms with van der Waals surface area (Å²) in [5, 5.41) is 11.3. The van der Waals surface area contributed by atoms with Gasteiger partial charge in [0.25, 0.3) is 5.91 Å². The molecule has 1 aliphatic heterocycles. The molecule has 1 amide bonds. The van der Waals surface area contributed by atoms with E-state index in [0.717, 1.165) is 30.8 Å². The Kier molecular flexibility index (Phi) is 5.02. The molecule has 2 unspecified atom stereocenters. The summed E-state index contributed by atoms with van der Waals surface area (Å²) in [5.41, 5.74) is 1.32. The number of pyridine rings is 1. The molecule has 140 valence electrons. The molecule has 1 N–H and O–H groups in total. The highest BCUT2D eigenvalue weighted by Gasteiger charge is 2.18. The fourth-order valence-electron chi connectivity index (χ4n) is 3.17. The topological polar surface area (TPSA) is 77.8 Å². The van der Waals surface area contributed by atoms with Crippen molar-refractivity contribution in [2.75, 3.05) is 13.2 Å². The van der Waals surface area contributed by atoms with Gasteiger partial charge in [0.15, 0.2) is 11.5 Å². The van der Waals surface area contributed by atoms with Gasteiger partial charge in [-0.25, -0.2) is 0 Å². The summed E-state index contributed by atoms with van der Waals surface area (Å²) in [7, 11) is 0. The van der Waals surface area contributed by atoms with Crippen LogP contribution in [0.5, 0.6) is 5.75 Å². The highest BCUT2D eigenvalue weighted by atomic mass is 16.5. The maximum Gasteiger partial charge on any atom is 0.251 e. The van der Waals surface area contributed by atoms with Crippen molar-refractivity contribution in [3.05, 3.63) is 60.0 Å². The molecule has 0 saturated carbocycles. The van der Waals surface area contributed by atoms with Gasteiger partial charge in [-0.15, -0.1) is 10.2 Å². The van der Waals surface area contributed by atoms with E-state index in [0.29, 0.717) is 18.0 Å². The normalized spacial score (nSPS) is 17.7. The number of hydrogen-bond donors (Lipinski definition) is 1. The number of amides is 1. The number of carbonyl (C=O) groups excluding carboxylic acids is 1. The molecule has 2 atom stereocenters. The number of fused-ring (bicyclic) bond motifs is 1. The van der Waals surface area contributed by atoms with E-state index in [1.807, 2.05) is 35.7 Å². The van der Waals surface area contributed by atoms with Crippen molar-refractivity contribution in [2.24, 2.45) is 0 Å². The minimum atomic E-state index is -0.273. The monoisotopic (exact) mass is 366 g/mol. The Labute approximate surface area is 157 Å². The van der Waals surface area contributed by atoms with E-state index in [-0.39, 0.29) is 18.1 Å². The molecule has 7 nitrogen and oxygen atoms in total. The maximum atomic E-state index is 12.5. The number of ether oxygens (including phenoxy) is 2. The van der Waals surface area contributed by atoms with Gasteiger partial charge in [0, 0.05) is 18.4 Å². The quantitative estimate of drug-likeness (QED) is 0.726. The minimum absolute atomic E-state index is 0.166. The molecular weight excluding hydrogens is 344 g/mol. The van der Waals surface area contributed by atoms with Gasteiger partial charge in [-0.3, -0.25) is 9.20 Å². The first-order chi connectivity index (χ1) is 13.2. The van der Waals surface area contributed by atoms with Gasteiger partial charge in [-0.05, 0) is 56.2 Å². The lowest BCUT2D eigenvalue weighted by Gasteiger charge is -2.13. The van der Waals surface area contributed by atoms with Gasteiger partial charge >= 0.3 is 0 Å². The summed E-state index contributed by atoms with van der Waals surface area (Å²) in [4.78, 5) is 12.5. The van der Waals surface area contributed by atoms with Crippen molar-refractivity contribution >= 4 is 11.6 Å². The smallest absolute Gasteiger partial charge is 0.251 e. The molecule has 0 radical (unpaired) electrons. The van der Waals surface area contributed by atoms with Gasteiger partial charge in [0.05, 0.1) is 12.1 Å². The molecule has 0 spiro atoms. The first-order valence-corrected chi connectivity index (χ1v) is 9.16. The summed E-state index contributed by atoms with van der Waals surface area (Å²) in [6.07, 6.45) is 4.18. The number of nitrogens with one attached hydrogen (secondary N) is 1. The molecule has 1 aromatic carbocycles. The fourth-order valence-corrected chi connectivity index (χ4v) is 3.17. The van der Waals surface area contributed by atoms with E-state index in [9.17, 15) is 4.79 Å². The van der Waals surface area contributed by atoms with E-state index in [4.69, 9.17) is 9.47 Å². The van der Waals surface area contributed by atoms with Gasteiger partial charge in [-0.2, -0.15) is 0 Å². The molecule has 0 bridgehead atoms. The lowest BCUT2D eigenvalue weighted by Crippen LogP contribution is -2.28. The van der Waals surface area contributed by atoms with Crippen molar-refractivity contribution < 1.29 is 14.3 Å². The molecular formula is C20H22N4O3. The van der Waals surface area contributed by atoms with E-state index < -0.39 is 0 Å². The van der Waals surface area contributed by atoms with Crippen molar-refractivity contribution in [1.82, 2.24) is 19.9 Å². The van der Waals surface area contributed by atoms with Gasteiger partial charge in [0.1, 0.15) is 12.4 Å². The predicted molar refractivity (Wildman–Crippen MR) is 99.8 cm³/mol. The van der Waals surface area contributed by atoms with Crippen LogP contribution in [-0.4, -0.2) is 39.8 Å². The highest BCUT2D eigenvalue weighted by molar-refractivity contribution is 5.94. The van der Waals surface area contributed by atoms with E-state index in [1.165, 1.54) is 0 Å². The minimum Gasteiger partial charge on any atom is -0.491 e. The molecule has 7 heteroatoms. The third-order valence-corrected chi connectivity index (χ3v) is 4.65. The van der Waals surface area contributed by atoms with Crippen molar-refractivity contribution in [3.63, 3.8) is 0 Å². The second-order valence-corrected chi connectivity index (χ2v) is 6.65. The first kappa shape index (κ1) is 17.5. The van der Waals surface area contributed by atoms with Gasteiger partial charge in [-0.1, -0.05) is 6.07 Å². The van der Waals surface area contributed by atoms with Crippen LogP contribution in [0.2, 0.25) is 0 Å². The number of hydrogen-bond acceptors (Lipinski definition) is 5. The molecule has 3 heterocycles. The molecule has 27 heavy (non-hydrogen) atoms. The Morgan fingerprint density at radius 1 is 1.30 bits per heavy atom. The zero-order chi connectivity index (χ0) is 18.6. The molecule has 1 fully saturated rings. The lowest BCUT2D eigenvalue weighted by molar-refractivity contribution is 0.0679. The van der Waals surface area contributed by atoms with Gasteiger partial charge in [0.2, 0.25) is 0 Å². The summed E-state index contributed by atoms with van der Waals surface area (Å²) in [5.74, 6) is 1.26. The molecule has 1 aliphatic rings. The third-order valence-electron chi connectivity index (χ3n) is 4.65. The Hall–Kier alpha value is -2.93. The molecule has 2 aromatic heterocycles. The average molecular weight is 366 g/mol. The summed E-state index contributed by atoms with van der Waals surface area (Å²) >= 11 is 0. The van der Waals surface area contributed by atoms with Gasteiger partial charge < -0.3 is 14.8 Å². The highest BCUT2D eigenvalue weighted by Crippen LogP contribution is 2.17. The van der Waals surface area contributed by atoms with Crippen LogP contribution < -0.4 is 10.1 Å². The van der Waals surface area contributed by atoms with E-state index >= 15 is 0 Å². The van der Waals surface area contributed by atoms with Crippen molar-refractivity contribution in [3.8, 4) is 5.75 Å². The third kappa shape index (κ3) is 3.93. The van der Waals surface area contributed by atoms with Crippen LogP contribution in [0.1, 0.15) is 42.0 Å². The van der Waals surface area contributed by atoms with Crippen molar-refractivity contribution in [2.45, 2.75) is 31.9 Å². The van der Waals surface area contributed by atoms with Crippen LogP contribution in [0.4, 0.5) is 0 Å². The van der Waals surface area contributed by atoms with Crippen LogP contribution in [0.25, 0.3) is 5.65 Å². The first-order valence-electron chi connectivity index (χ1n) is 9.16. The molecule has 3 aromatic rings. The number of benzene rings is 1. The second kappa shape index (κ2) is 7.75. The zero-order valence-electron chi connectivity index (χ0n) is 15.2. The SMILES string of the molecule is CC(NC(=O)c1ccc(OCC2CCCO2)cc1)c1nnc2ccccn12. The Morgan fingerprint density at radius 3 is 2.93 bits per heavy atom. The largest absolute Gasteiger partial charge is 0.491 e. The predicted octanol–water partition coefficient (Wildman–Crippen LogP) is 2.78. The van der Waals surface area contributed by atoms with Crippen LogP contribution in [0.15, 0.2) is 48.7 Å². The van der Waals surface area contributed by atoms with Crippen LogP contribution in [0, 0.1) is 0 Å². The Morgan fingerprint density at radius 2 is 2.15 bits per heavy atom. The lowest BCUT2D eigenvalue weighted by atomic mass is 10.2. The van der Waals surface area contributed by atoms with Crippen LogP contribution in [-0.2, 0) is 4.74 Å². The molecule has 0 aliphatic carbocycles. The maximum absolute atomic E-state index is 12.5. The number of aromatic nitrogens is 3. The van der Waals surface area contributed by atoms with Crippen molar-refractivity contribution in [1.29, 1.82) is 0 Å². The number of carbonyl (C=O) groups is 1. The number of nitrogens with zero attached hydrogens (tertiary/aromatic N) is 3. The Bertz CT molecular complexity index is 916. The van der Waals surface area contributed by atoms with Crippen LogP contribution in [0.3, 0.4) is 0 Å². The van der Waals surface area contributed by atoms with E-state index in [1.54, 1.807) is 24.3 Å². The molecule has 1 saturated heterocycles. The summed E-state index contributed by atoms with van der Waals surface area (Å²) in [6.45, 7) is 3.25. The molecule has 4 rings (SSSR count). The summed E-state index contributed by atoms with van der Waals surface area (Å²) < 4.78 is 13.1. The fraction of sp³-hybridized carbons (Fsp3) is 0.350. The van der Waals surface area contributed by atoms with E-state index in [2.05, 4.69) is 15.5 Å². The number of rotatable bonds is 6. The standard InChI is InChI=1S/C20H22N4O3/c1-14(19-23-22-18-6-2-3-11-24(18)19)21-20(25)15-7-9-16(10-8-15)27-13-17-5-4-12-26-17/h2-3,6-11,14,17H,4-5,12-13H2,1H3,(H,21,25).